The van der Waals surface area contributed by atoms with Gasteiger partial charge in [-0.15, -0.1) is 0 Å². The maximum atomic E-state index is 14.2. The molecule has 4 aliphatic rings. The Hall–Kier alpha value is -1.88. The average molecular weight is 356 g/mol. The van der Waals surface area contributed by atoms with Crippen LogP contribution in [0.5, 0.6) is 0 Å². The van der Waals surface area contributed by atoms with Gasteiger partial charge in [0.2, 0.25) is 9.84 Å². The Balaban J connectivity index is 1.63. The first-order valence-electron chi connectivity index (χ1n) is 9.00. The number of hydrogen-bond acceptors (Lipinski definition) is 3. The fourth-order valence-corrected chi connectivity index (χ4v) is 6.58. The Morgan fingerprint density at radius 2 is 1.76 bits per heavy atom. The maximum Gasteiger partial charge on any atom is 0.210 e. The van der Waals surface area contributed by atoms with Gasteiger partial charge in [-0.3, -0.25) is 0 Å². The highest BCUT2D eigenvalue weighted by atomic mass is 32.2. The number of benzene rings is 2. The minimum atomic E-state index is -3.78. The van der Waals surface area contributed by atoms with Gasteiger partial charge in [0, 0.05) is 29.4 Å². The van der Waals surface area contributed by atoms with Gasteiger partial charge in [-0.05, 0) is 56.2 Å². The van der Waals surface area contributed by atoms with Gasteiger partial charge in [0.15, 0.2) is 0 Å². The summed E-state index contributed by atoms with van der Waals surface area (Å²) in [6, 6.07) is 10.6. The minimum Gasteiger partial charge on any atom is -0.369 e. The minimum absolute atomic E-state index is 0.168. The second kappa shape index (κ2) is 5.31. The molecular formula is C20H20FNO2S. The van der Waals surface area contributed by atoms with Gasteiger partial charge in [-0.25, -0.2) is 12.8 Å². The molecule has 0 unspecified atom stereocenters. The van der Waals surface area contributed by atoms with Crippen LogP contribution in [0.15, 0.2) is 46.2 Å². The van der Waals surface area contributed by atoms with E-state index >= 15 is 0 Å². The van der Waals surface area contributed by atoms with Crippen LogP contribution in [0.1, 0.15) is 32.1 Å². The Morgan fingerprint density at radius 1 is 0.960 bits per heavy atom. The number of anilines is 1. The summed E-state index contributed by atoms with van der Waals surface area (Å²) in [6.07, 6.45) is 6.10. The number of sulfone groups is 1. The summed E-state index contributed by atoms with van der Waals surface area (Å²) in [5, 5.41) is 0. The molecule has 3 heterocycles. The normalized spacial score (nSPS) is 26.2. The number of hydrogen-bond donors (Lipinski definition) is 0. The molecule has 25 heavy (non-hydrogen) atoms. The summed E-state index contributed by atoms with van der Waals surface area (Å²) in [5.41, 5.74) is 2.07. The van der Waals surface area contributed by atoms with Crippen molar-refractivity contribution in [1.82, 2.24) is 0 Å². The fourth-order valence-electron chi connectivity index (χ4n) is 4.83. The summed E-state index contributed by atoms with van der Waals surface area (Å²) in [7, 11) is -3.78. The number of halogens is 1. The quantitative estimate of drug-likeness (QED) is 0.648. The zero-order chi connectivity index (χ0) is 17.2. The SMILES string of the molecule is O=S1(=O)c2cc(N3CCC4CCC3CC4)ccc2-c2cccc([18F])c21. The van der Waals surface area contributed by atoms with E-state index in [-0.39, 0.29) is 9.79 Å². The van der Waals surface area contributed by atoms with Crippen molar-refractivity contribution in [2.75, 3.05) is 11.4 Å². The van der Waals surface area contributed by atoms with Crippen molar-refractivity contribution >= 4 is 15.5 Å². The van der Waals surface area contributed by atoms with Crippen molar-refractivity contribution in [3.8, 4) is 11.1 Å². The molecule has 0 amide bonds. The molecule has 0 aromatic heterocycles. The summed E-state index contributed by atoms with van der Waals surface area (Å²) in [6.45, 7) is 0.982. The molecule has 1 saturated carbocycles. The van der Waals surface area contributed by atoms with Gasteiger partial charge < -0.3 is 4.90 Å². The van der Waals surface area contributed by atoms with Crippen molar-refractivity contribution in [2.45, 2.75) is 47.9 Å². The fraction of sp³-hybridized carbons (Fsp3) is 0.400. The van der Waals surface area contributed by atoms with Gasteiger partial charge in [0.05, 0.1) is 4.90 Å². The second-order valence-corrected chi connectivity index (χ2v) is 9.31. The topological polar surface area (TPSA) is 37.4 Å². The van der Waals surface area contributed by atoms with E-state index in [1.807, 2.05) is 12.1 Å². The highest BCUT2D eigenvalue weighted by molar-refractivity contribution is 7.92. The molecule has 3 aliphatic heterocycles. The van der Waals surface area contributed by atoms with Gasteiger partial charge in [-0.1, -0.05) is 18.2 Å². The molecule has 0 spiro atoms. The largest absolute Gasteiger partial charge is 0.369 e. The first-order chi connectivity index (χ1) is 12.1. The number of rotatable bonds is 1. The van der Waals surface area contributed by atoms with E-state index in [1.54, 1.807) is 18.2 Å². The van der Waals surface area contributed by atoms with Crippen LogP contribution in [0.25, 0.3) is 11.1 Å². The molecule has 0 radical (unpaired) electrons. The molecule has 3 nitrogen and oxygen atoms in total. The highest BCUT2D eigenvalue weighted by Crippen LogP contribution is 2.46. The number of nitrogens with zero attached hydrogens (tertiary/aromatic N) is 1. The van der Waals surface area contributed by atoms with Gasteiger partial charge in [-0.2, -0.15) is 0 Å². The molecular weight excluding hydrogens is 336 g/mol. The molecule has 0 N–H and O–H groups in total. The van der Waals surface area contributed by atoms with Crippen molar-refractivity contribution in [3.63, 3.8) is 0 Å². The maximum absolute atomic E-state index is 14.2. The van der Waals surface area contributed by atoms with Gasteiger partial charge in [0.25, 0.3) is 0 Å². The summed E-state index contributed by atoms with van der Waals surface area (Å²) in [4.78, 5) is 2.46. The lowest BCUT2D eigenvalue weighted by molar-refractivity contribution is 0.354. The van der Waals surface area contributed by atoms with Crippen LogP contribution in [0, 0.1) is 11.7 Å². The zero-order valence-corrected chi connectivity index (χ0v) is 14.7. The molecule has 5 heteroatoms. The van der Waals surface area contributed by atoms with Crippen LogP contribution >= 0.6 is 0 Å². The summed E-state index contributed by atoms with van der Waals surface area (Å²) in [5.74, 6) is 0.154. The van der Waals surface area contributed by atoms with E-state index in [1.165, 1.54) is 38.2 Å². The van der Waals surface area contributed by atoms with Crippen LogP contribution in [-0.2, 0) is 9.84 Å². The van der Waals surface area contributed by atoms with E-state index < -0.39 is 15.7 Å². The van der Waals surface area contributed by atoms with Crippen molar-refractivity contribution < 1.29 is 12.8 Å². The molecule has 3 fully saturated rings. The standard InChI is InChI=1S/C20H20FNO2S/c21-18-3-1-2-17-16-9-8-15(12-19(16)25(23,24)20(17)18)22-11-10-13-4-6-14(22)7-5-13/h1-3,8-9,12-14H,4-7,10-11H2/i21-1. The molecule has 130 valence electrons. The lowest BCUT2D eigenvalue weighted by Crippen LogP contribution is -2.34. The Morgan fingerprint density at radius 3 is 2.56 bits per heavy atom. The highest BCUT2D eigenvalue weighted by Gasteiger charge is 2.37. The predicted octanol–water partition coefficient (Wildman–Crippen LogP) is 4.41. The van der Waals surface area contributed by atoms with Crippen molar-refractivity contribution in [3.05, 3.63) is 42.2 Å². The van der Waals surface area contributed by atoms with Crippen LogP contribution in [0.3, 0.4) is 0 Å². The lowest BCUT2D eigenvalue weighted by Gasteiger charge is -2.33. The molecule has 1 aliphatic carbocycles. The Kier molecular flexibility index (Phi) is 3.26. The third-order valence-electron chi connectivity index (χ3n) is 6.15. The monoisotopic (exact) mass is 356 g/mol. The third kappa shape index (κ3) is 2.18. The predicted molar refractivity (Wildman–Crippen MR) is 95.0 cm³/mol. The van der Waals surface area contributed by atoms with E-state index in [2.05, 4.69) is 4.90 Å². The van der Waals surface area contributed by atoms with Crippen LogP contribution in [0.4, 0.5) is 10.1 Å². The van der Waals surface area contributed by atoms with Crippen molar-refractivity contribution in [2.24, 2.45) is 5.92 Å². The van der Waals surface area contributed by atoms with Gasteiger partial charge in [0.1, 0.15) is 10.7 Å². The number of fused-ring (bicyclic) bond motifs is 7. The van der Waals surface area contributed by atoms with Crippen LogP contribution in [0.2, 0.25) is 0 Å². The first kappa shape index (κ1) is 15.4. The van der Waals surface area contributed by atoms with Crippen molar-refractivity contribution in [1.29, 1.82) is 0 Å². The summed E-state index contributed by atoms with van der Waals surface area (Å²) < 4.78 is 40.0. The molecule has 2 saturated heterocycles. The summed E-state index contributed by atoms with van der Waals surface area (Å²) >= 11 is 0. The molecule has 2 aromatic carbocycles. The second-order valence-electron chi connectivity index (χ2n) is 7.46. The molecule has 0 atom stereocenters. The van der Waals surface area contributed by atoms with Crippen LogP contribution in [-0.4, -0.2) is 21.0 Å². The van der Waals surface area contributed by atoms with E-state index in [9.17, 15) is 12.8 Å². The zero-order valence-electron chi connectivity index (χ0n) is 13.9. The smallest absolute Gasteiger partial charge is 0.210 e. The molecule has 6 rings (SSSR count). The molecule has 2 bridgehead atoms. The van der Waals surface area contributed by atoms with Gasteiger partial charge >= 0.3 is 0 Å². The average Bonchev–Trinajstić information content (AvgIpc) is 2.81. The van der Waals surface area contributed by atoms with E-state index in [4.69, 9.17) is 0 Å². The third-order valence-corrected chi connectivity index (χ3v) is 8.02. The Labute approximate surface area is 147 Å². The molecule has 2 aromatic rings. The Bertz CT molecular complexity index is 962. The first-order valence-corrected chi connectivity index (χ1v) is 10.5. The van der Waals surface area contributed by atoms with E-state index in [0.717, 1.165) is 18.2 Å². The van der Waals surface area contributed by atoms with E-state index in [0.29, 0.717) is 17.2 Å². The van der Waals surface area contributed by atoms with Crippen LogP contribution < -0.4 is 4.90 Å². The lowest BCUT2D eigenvalue weighted by atomic mass is 9.86.